The summed E-state index contributed by atoms with van der Waals surface area (Å²) in [4.78, 5) is 46.0. The molecule has 0 aliphatic carbocycles. The first-order valence-electron chi connectivity index (χ1n) is 13.1. The van der Waals surface area contributed by atoms with Crippen LogP contribution in [0.2, 0.25) is 0 Å². The number of carbonyl (C=O) groups excluding carboxylic acids is 2. The molecule has 0 unspecified atom stereocenters. The molecule has 4 aromatic rings. The van der Waals surface area contributed by atoms with Gasteiger partial charge in [-0.25, -0.2) is 15.0 Å². The van der Waals surface area contributed by atoms with Gasteiger partial charge in [-0.3, -0.25) is 14.6 Å². The quantitative estimate of drug-likeness (QED) is 0.378. The minimum Gasteiger partial charge on any atom is -0.369 e. The zero-order chi connectivity index (χ0) is 27.4. The molecule has 0 saturated carbocycles. The Hall–Kier alpha value is -4.60. The summed E-state index contributed by atoms with van der Waals surface area (Å²) in [6.07, 6.45) is 5.05. The highest BCUT2D eigenvalue weighted by molar-refractivity contribution is 6.06. The van der Waals surface area contributed by atoms with Crippen molar-refractivity contribution in [3.05, 3.63) is 72.3 Å². The molecule has 0 radical (unpaired) electrons. The number of anilines is 2. The summed E-state index contributed by atoms with van der Waals surface area (Å²) in [5, 5.41) is 6.96. The van der Waals surface area contributed by atoms with Crippen LogP contribution in [0.15, 0.2) is 61.2 Å². The molecule has 1 atom stereocenters. The average molecular weight is 525 g/mol. The molecule has 10 nitrogen and oxygen atoms in total. The molecular weight excluding hydrogens is 492 g/mol. The van der Waals surface area contributed by atoms with Crippen molar-refractivity contribution in [2.45, 2.75) is 19.8 Å². The highest BCUT2D eigenvalue weighted by Crippen LogP contribution is 2.27. The van der Waals surface area contributed by atoms with Crippen LogP contribution in [0, 0.1) is 0 Å². The lowest BCUT2D eigenvalue weighted by Gasteiger charge is -2.34. The smallest absolute Gasteiger partial charge is 0.251 e. The first kappa shape index (κ1) is 26.0. The third-order valence-electron chi connectivity index (χ3n) is 7.15. The van der Waals surface area contributed by atoms with Gasteiger partial charge in [0, 0.05) is 82.0 Å². The predicted octanol–water partition coefficient (Wildman–Crippen LogP) is 3.33. The molecule has 3 aromatic heterocycles. The Bertz CT molecular complexity index is 1480. The molecule has 39 heavy (non-hydrogen) atoms. The maximum atomic E-state index is 12.3. The number of amides is 2. The Balaban J connectivity index is 1.26. The molecule has 1 saturated heterocycles. The fraction of sp³-hybridized carbons (Fsp3) is 0.310. The van der Waals surface area contributed by atoms with Crippen molar-refractivity contribution in [3.63, 3.8) is 0 Å². The molecule has 0 bridgehead atoms. The molecule has 5 rings (SSSR count). The number of aromatic nitrogens is 4. The molecule has 2 N–H and O–H groups in total. The van der Waals surface area contributed by atoms with Gasteiger partial charge >= 0.3 is 0 Å². The fourth-order valence-corrected chi connectivity index (χ4v) is 4.88. The van der Waals surface area contributed by atoms with Gasteiger partial charge in [-0.2, -0.15) is 0 Å². The van der Waals surface area contributed by atoms with Crippen molar-refractivity contribution in [2.75, 3.05) is 50.0 Å². The summed E-state index contributed by atoms with van der Waals surface area (Å²) in [5.74, 6) is 1.72. The molecule has 1 aromatic carbocycles. The zero-order valence-corrected chi connectivity index (χ0v) is 22.4. The van der Waals surface area contributed by atoms with E-state index in [9.17, 15) is 9.59 Å². The number of fused-ring (bicyclic) bond motifs is 1. The van der Waals surface area contributed by atoms with Gasteiger partial charge in [0.25, 0.3) is 5.91 Å². The molecular formula is C29H32N8O2. The maximum absolute atomic E-state index is 12.3. The van der Waals surface area contributed by atoms with Crippen LogP contribution in [-0.2, 0) is 4.79 Å². The van der Waals surface area contributed by atoms with Gasteiger partial charge in [-0.15, -0.1) is 0 Å². The van der Waals surface area contributed by atoms with Gasteiger partial charge in [-0.05, 0) is 23.8 Å². The molecule has 2 amide bonds. The summed E-state index contributed by atoms with van der Waals surface area (Å²) in [7, 11) is 1.63. The number of rotatable bonds is 7. The van der Waals surface area contributed by atoms with Crippen LogP contribution in [0.4, 0.5) is 11.6 Å². The second-order valence-corrected chi connectivity index (χ2v) is 9.65. The lowest BCUT2D eigenvalue weighted by atomic mass is 9.96. The van der Waals surface area contributed by atoms with Gasteiger partial charge in [0.15, 0.2) is 0 Å². The second kappa shape index (κ2) is 11.4. The standard InChI is InChI=1S/C29H32N8O2/c1-19(22-5-4-6-23-24(29(39)30-3)9-10-31-28(22)23)16-32-26-15-25(34-18-35-26)21-7-8-27(33-17-21)37-13-11-36(12-14-37)20(2)38/h4-10,15,17-19H,11-14,16H2,1-3H3,(H,30,39)(H,32,34,35)/t19-/m1/s1. The van der Waals surface area contributed by atoms with E-state index in [-0.39, 0.29) is 17.7 Å². The largest absolute Gasteiger partial charge is 0.369 e. The van der Waals surface area contributed by atoms with Crippen molar-refractivity contribution in [2.24, 2.45) is 0 Å². The lowest BCUT2D eigenvalue weighted by Crippen LogP contribution is -2.48. The Kier molecular flexibility index (Phi) is 7.62. The van der Waals surface area contributed by atoms with Crippen LogP contribution in [0.1, 0.15) is 35.7 Å². The Morgan fingerprint density at radius 2 is 1.82 bits per heavy atom. The Morgan fingerprint density at radius 3 is 2.54 bits per heavy atom. The number of carbonyl (C=O) groups is 2. The van der Waals surface area contributed by atoms with Crippen LogP contribution in [-0.4, -0.2) is 76.4 Å². The predicted molar refractivity (Wildman–Crippen MR) is 152 cm³/mol. The van der Waals surface area contributed by atoms with Gasteiger partial charge in [0.1, 0.15) is 18.0 Å². The zero-order valence-electron chi connectivity index (χ0n) is 22.4. The van der Waals surface area contributed by atoms with E-state index < -0.39 is 0 Å². The van der Waals surface area contributed by atoms with E-state index in [1.807, 2.05) is 47.5 Å². The van der Waals surface area contributed by atoms with Crippen LogP contribution >= 0.6 is 0 Å². The van der Waals surface area contributed by atoms with Crippen LogP contribution in [0.5, 0.6) is 0 Å². The van der Waals surface area contributed by atoms with E-state index in [1.54, 1.807) is 32.6 Å². The first-order chi connectivity index (χ1) is 18.9. The third kappa shape index (κ3) is 5.64. The van der Waals surface area contributed by atoms with Crippen LogP contribution < -0.4 is 15.5 Å². The minimum absolute atomic E-state index is 0.115. The molecule has 1 aliphatic rings. The van der Waals surface area contributed by atoms with Gasteiger partial charge in [0.05, 0.1) is 16.8 Å². The van der Waals surface area contributed by atoms with Gasteiger partial charge in [-0.1, -0.05) is 25.1 Å². The number of benzene rings is 1. The van der Waals surface area contributed by atoms with Crippen LogP contribution in [0.25, 0.3) is 22.2 Å². The molecule has 10 heteroatoms. The van der Waals surface area contributed by atoms with Crippen molar-refractivity contribution in [3.8, 4) is 11.3 Å². The summed E-state index contributed by atoms with van der Waals surface area (Å²) >= 11 is 0. The molecule has 1 fully saturated rings. The summed E-state index contributed by atoms with van der Waals surface area (Å²) < 4.78 is 0. The number of nitrogens with zero attached hydrogens (tertiary/aromatic N) is 6. The van der Waals surface area contributed by atoms with Crippen LogP contribution in [0.3, 0.4) is 0 Å². The molecule has 4 heterocycles. The summed E-state index contributed by atoms with van der Waals surface area (Å²) in [6, 6.07) is 13.6. The first-order valence-corrected chi connectivity index (χ1v) is 13.1. The third-order valence-corrected chi connectivity index (χ3v) is 7.15. The number of para-hydroxylation sites is 1. The Labute approximate surface area is 227 Å². The van der Waals surface area contributed by atoms with E-state index in [0.29, 0.717) is 25.2 Å². The molecule has 200 valence electrons. The monoisotopic (exact) mass is 524 g/mol. The van der Waals surface area contributed by atoms with Gasteiger partial charge < -0.3 is 20.4 Å². The highest BCUT2D eigenvalue weighted by Gasteiger charge is 2.20. The summed E-state index contributed by atoms with van der Waals surface area (Å²) in [6.45, 7) is 7.32. The second-order valence-electron chi connectivity index (χ2n) is 9.65. The minimum atomic E-state index is -0.128. The molecule has 1 aliphatic heterocycles. The van der Waals surface area contributed by atoms with E-state index in [2.05, 4.69) is 42.4 Å². The topological polar surface area (TPSA) is 116 Å². The highest BCUT2D eigenvalue weighted by atomic mass is 16.2. The van der Waals surface area contributed by atoms with E-state index in [1.165, 1.54) is 0 Å². The number of hydrogen-bond donors (Lipinski definition) is 2. The maximum Gasteiger partial charge on any atom is 0.251 e. The SMILES string of the molecule is CNC(=O)c1ccnc2c([C@H](C)CNc3cc(-c4ccc(N5CCN(C(C)=O)CC5)nc4)ncn3)cccc12. The number of pyridine rings is 2. The van der Waals surface area contributed by atoms with E-state index in [0.717, 1.165) is 52.4 Å². The average Bonchev–Trinajstić information content (AvgIpc) is 2.99. The summed E-state index contributed by atoms with van der Waals surface area (Å²) in [5.41, 5.74) is 4.18. The van der Waals surface area contributed by atoms with E-state index in [4.69, 9.17) is 0 Å². The Morgan fingerprint density at radius 1 is 1.00 bits per heavy atom. The van der Waals surface area contributed by atoms with Crippen molar-refractivity contribution in [1.82, 2.24) is 30.2 Å². The fourth-order valence-electron chi connectivity index (χ4n) is 4.88. The van der Waals surface area contributed by atoms with Crippen molar-refractivity contribution in [1.29, 1.82) is 0 Å². The lowest BCUT2D eigenvalue weighted by molar-refractivity contribution is -0.129. The normalized spacial score (nSPS) is 14.2. The van der Waals surface area contributed by atoms with Gasteiger partial charge in [0.2, 0.25) is 5.91 Å². The van der Waals surface area contributed by atoms with E-state index >= 15 is 0 Å². The number of hydrogen-bond acceptors (Lipinski definition) is 8. The molecule has 0 spiro atoms. The number of piperazine rings is 1. The number of nitrogens with one attached hydrogen (secondary N) is 2. The van der Waals surface area contributed by atoms with Crippen molar-refractivity contribution >= 4 is 34.4 Å². The van der Waals surface area contributed by atoms with Crippen molar-refractivity contribution < 1.29 is 9.59 Å².